The third-order valence-corrected chi connectivity index (χ3v) is 5.99. The predicted octanol–water partition coefficient (Wildman–Crippen LogP) is 1.57. The first-order valence-electron chi connectivity index (χ1n) is 9.24. The molecule has 0 saturated heterocycles. The zero-order valence-electron chi connectivity index (χ0n) is 16.4. The van der Waals surface area contributed by atoms with Crippen LogP contribution >= 0.6 is 0 Å². The van der Waals surface area contributed by atoms with Crippen molar-refractivity contribution >= 4 is 0 Å². The zero-order valence-corrected chi connectivity index (χ0v) is 18.5. The first-order valence-corrected chi connectivity index (χ1v) is 9.24. The van der Waals surface area contributed by atoms with Crippen LogP contribution in [0.25, 0.3) is 0 Å². The Labute approximate surface area is 175 Å². The van der Waals surface area contributed by atoms with Crippen LogP contribution in [0.4, 0.5) is 0 Å². The molecule has 0 spiro atoms. The van der Waals surface area contributed by atoms with Crippen molar-refractivity contribution in [2.24, 2.45) is 11.8 Å². The van der Waals surface area contributed by atoms with Crippen LogP contribution in [0.3, 0.4) is 0 Å². The highest BCUT2D eigenvalue weighted by molar-refractivity contribution is 5.45. The first-order chi connectivity index (χ1) is 11.9. The van der Waals surface area contributed by atoms with Gasteiger partial charge in [-0.05, 0) is 17.5 Å². The number of halogens is 1. The van der Waals surface area contributed by atoms with Crippen LogP contribution in [0.2, 0.25) is 0 Å². The molecule has 0 aliphatic heterocycles. The van der Waals surface area contributed by atoms with E-state index < -0.39 is 5.41 Å². The van der Waals surface area contributed by atoms with Gasteiger partial charge < -0.3 is 29.7 Å². The van der Waals surface area contributed by atoms with Crippen molar-refractivity contribution in [3.8, 4) is 6.07 Å². The van der Waals surface area contributed by atoms with Crippen LogP contribution in [0.1, 0.15) is 51.7 Å². The minimum Gasteiger partial charge on any atom is -1.00 e. The summed E-state index contributed by atoms with van der Waals surface area (Å²) in [5, 5.41) is 10.3. The Kier molecular flexibility index (Phi) is 8.30. The molecule has 0 heterocycles. The summed E-state index contributed by atoms with van der Waals surface area (Å²) in [7, 11) is 0. The highest BCUT2D eigenvalue weighted by Gasteiger charge is 2.42. The number of benzene rings is 2. The Morgan fingerprint density at radius 1 is 0.808 bits per heavy atom. The van der Waals surface area contributed by atoms with Crippen molar-refractivity contribution in [2.75, 3.05) is 0 Å². The van der Waals surface area contributed by atoms with Crippen LogP contribution < -0.4 is 29.7 Å². The molecule has 3 N–H and O–H groups in total. The summed E-state index contributed by atoms with van der Waals surface area (Å²) in [6.45, 7) is 8.97. The Bertz CT molecular complexity index is 654. The molecule has 0 radical (unpaired) electrons. The number of nitriles is 1. The highest BCUT2D eigenvalue weighted by Crippen LogP contribution is 2.39. The van der Waals surface area contributed by atoms with E-state index in [0.29, 0.717) is 11.8 Å². The normalized spacial score (nSPS) is 11.9. The lowest BCUT2D eigenvalue weighted by atomic mass is 9.67. The smallest absolute Gasteiger partial charge is 0.107 e. The molecule has 2 aromatic rings. The molecule has 0 fully saturated rings. The third kappa shape index (κ3) is 4.47. The summed E-state index contributed by atoms with van der Waals surface area (Å²) in [4.78, 5) is 0. The molecule has 2 aromatic carbocycles. The Morgan fingerprint density at radius 3 is 1.50 bits per heavy atom. The van der Waals surface area contributed by atoms with E-state index in [2.05, 4.69) is 63.8 Å². The van der Waals surface area contributed by atoms with Crippen LogP contribution in [-0.4, -0.2) is 5.54 Å². The molecule has 140 valence electrons. The number of quaternary nitrogens is 1. The summed E-state index contributed by atoms with van der Waals surface area (Å²) in [6, 6.07) is 23.1. The van der Waals surface area contributed by atoms with Gasteiger partial charge >= 0.3 is 0 Å². The minimum absolute atomic E-state index is 0. The monoisotopic (exact) mass is 462 g/mol. The van der Waals surface area contributed by atoms with Gasteiger partial charge in [-0.1, -0.05) is 88.4 Å². The molecular weight excluding hydrogens is 431 g/mol. The molecule has 0 amide bonds. The Balaban J connectivity index is 0.00000338. The molecule has 0 aliphatic carbocycles. The molecule has 0 atom stereocenters. The fourth-order valence-electron chi connectivity index (χ4n) is 3.75. The highest BCUT2D eigenvalue weighted by atomic mass is 127. The zero-order chi connectivity index (χ0) is 18.5. The van der Waals surface area contributed by atoms with Crippen molar-refractivity contribution in [1.82, 2.24) is 0 Å². The van der Waals surface area contributed by atoms with Crippen LogP contribution in [0.5, 0.6) is 0 Å². The van der Waals surface area contributed by atoms with Crippen molar-refractivity contribution in [1.29, 1.82) is 5.26 Å². The van der Waals surface area contributed by atoms with Crippen molar-refractivity contribution in [3.05, 3.63) is 71.8 Å². The number of rotatable bonds is 7. The van der Waals surface area contributed by atoms with E-state index in [0.717, 1.165) is 24.0 Å². The second-order valence-corrected chi connectivity index (χ2v) is 7.79. The minimum atomic E-state index is -0.630. The summed E-state index contributed by atoms with van der Waals surface area (Å²) in [6.07, 6.45) is 1.69. The standard InChI is InChI=1S/C23H30N2.HI/c1-18(2)23(25,19(3)4)16-15-22(17-24,20-11-7-5-8-12-20)21-13-9-6-10-14-21;/h5-14,18-19H,15-16,25H2,1-4H3;1H. The average Bonchev–Trinajstić information content (AvgIpc) is 2.64. The van der Waals surface area contributed by atoms with E-state index in [4.69, 9.17) is 0 Å². The van der Waals surface area contributed by atoms with E-state index in [1.807, 2.05) is 36.4 Å². The number of nitrogens with zero attached hydrogens (tertiary/aromatic N) is 1. The van der Waals surface area contributed by atoms with Gasteiger partial charge in [-0.2, -0.15) is 5.26 Å². The summed E-state index contributed by atoms with van der Waals surface area (Å²) in [5.74, 6) is 0.936. The fraction of sp³-hybridized carbons (Fsp3) is 0.435. The van der Waals surface area contributed by atoms with Crippen molar-refractivity contribution in [2.45, 2.75) is 51.5 Å². The molecule has 0 bridgehead atoms. The Hall–Kier alpha value is -1.38. The largest absolute Gasteiger partial charge is 1.00 e. The topological polar surface area (TPSA) is 51.4 Å². The Morgan fingerprint density at radius 2 is 1.19 bits per heavy atom. The van der Waals surface area contributed by atoms with Gasteiger partial charge in [-0.25, -0.2) is 0 Å². The van der Waals surface area contributed by atoms with Gasteiger partial charge in [0.25, 0.3) is 0 Å². The van der Waals surface area contributed by atoms with Gasteiger partial charge in [0.2, 0.25) is 0 Å². The second-order valence-electron chi connectivity index (χ2n) is 7.79. The van der Waals surface area contributed by atoms with Gasteiger partial charge in [0.15, 0.2) is 0 Å². The lowest BCUT2D eigenvalue weighted by molar-refractivity contribution is -0.505. The summed E-state index contributed by atoms with van der Waals surface area (Å²) < 4.78 is 0. The maximum atomic E-state index is 10.3. The van der Waals surface area contributed by atoms with Gasteiger partial charge in [0.1, 0.15) is 5.41 Å². The molecule has 0 saturated carbocycles. The SMILES string of the molecule is CC(C)C([NH3+])(CCC(C#N)(c1ccccc1)c1ccccc1)C(C)C.[I-]. The fourth-order valence-corrected chi connectivity index (χ4v) is 3.75. The van der Waals surface area contributed by atoms with E-state index in [1.165, 1.54) is 0 Å². The molecule has 3 heteroatoms. The van der Waals surface area contributed by atoms with Gasteiger partial charge in [0.05, 0.1) is 11.6 Å². The quantitative estimate of drug-likeness (QED) is 0.625. The third-order valence-electron chi connectivity index (χ3n) is 5.99. The van der Waals surface area contributed by atoms with E-state index in [1.54, 1.807) is 0 Å². The summed E-state index contributed by atoms with van der Waals surface area (Å²) >= 11 is 0. The molecule has 26 heavy (non-hydrogen) atoms. The van der Waals surface area contributed by atoms with E-state index in [9.17, 15) is 5.26 Å². The maximum absolute atomic E-state index is 10.3. The lowest BCUT2D eigenvalue weighted by Gasteiger charge is -2.37. The van der Waals surface area contributed by atoms with Crippen molar-refractivity contribution < 1.29 is 29.7 Å². The number of hydrogen-bond donors (Lipinski definition) is 1. The molecule has 0 aromatic heterocycles. The first kappa shape index (κ1) is 22.7. The average molecular weight is 462 g/mol. The van der Waals surface area contributed by atoms with Gasteiger partial charge in [0, 0.05) is 18.3 Å². The summed E-state index contributed by atoms with van der Waals surface area (Å²) in [5.41, 5.74) is 6.05. The molecule has 0 unspecified atom stereocenters. The van der Waals surface area contributed by atoms with Gasteiger partial charge in [-0.15, -0.1) is 0 Å². The van der Waals surface area contributed by atoms with Gasteiger partial charge in [-0.3, -0.25) is 0 Å². The molecule has 2 nitrogen and oxygen atoms in total. The van der Waals surface area contributed by atoms with Crippen LogP contribution in [-0.2, 0) is 5.41 Å². The van der Waals surface area contributed by atoms with Crippen LogP contribution in [0.15, 0.2) is 60.7 Å². The predicted molar refractivity (Wildman–Crippen MR) is 104 cm³/mol. The number of hydrogen-bond acceptors (Lipinski definition) is 1. The maximum Gasteiger partial charge on any atom is 0.107 e. The molecular formula is C23H31IN2. The van der Waals surface area contributed by atoms with E-state index in [-0.39, 0.29) is 29.5 Å². The van der Waals surface area contributed by atoms with E-state index >= 15 is 0 Å². The molecule has 2 rings (SSSR count). The molecule has 0 aliphatic rings. The second kappa shape index (κ2) is 9.53. The van der Waals surface area contributed by atoms with Crippen molar-refractivity contribution in [3.63, 3.8) is 0 Å². The lowest BCUT2D eigenvalue weighted by Crippen LogP contribution is -3.00. The van der Waals surface area contributed by atoms with Crippen LogP contribution in [0, 0.1) is 23.2 Å².